The lowest BCUT2D eigenvalue weighted by molar-refractivity contribution is 0.453. The second-order valence-corrected chi connectivity index (χ2v) is 3.54. The number of hydrogen-bond acceptors (Lipinski definition) is 2. The van der Waals surface area contributed by atoms with Crippen molar-refractivity contribution in [3.63, 3.8) is 0 Å². The summed E-state index contributed by atoms with van der Waals surface area (Å²) in [4.78, 5) is 0. The fraction of sp³-hybridized carbons (Fsp3) is 0.500. The molecule has 0 heterocycles. The molecule has 14 heavy (non-hydrogen) atoms. The van der Waals surface area contributed by atoms with Gasteiger partial charge in [-0.05, 0) is 25.5 Å². The third-order valence-electron chi connectivity index (χ3n) is 2.16. The topological polar surface area (TPSA) is 24.1 Å². The van der Waals surface area contributed by atoms with Gasteiger partial charge in [0.1, 0.15) is 0 Å². The van der Waals surface area contributed by atoms with Crippen LogP contribution in [0.5, 0.6) is 0 Å². The molecule has 0 radical (unpaired) electrons. The Morgan fingerprint density at radius 2 is 1.86 bits per heavy atom. The second-order valence-electron chi connectivity index (χ2n) is 3.54. The van der Waals surface area contributed by atoms with Gasteiger partial charge < -0.3 is 5.32 Å². The molecule has 1 rings (SSSR count). The molecule has 0 aliphatic carbocycles. The van der Waals surface area contributed by atoms with Crippen LogP contribution >= 0.6 is 0 Å². The van der Waals surface area contributed by atoms with Crippen molar-refractivity contribution < 1.29 is 0 Å². The van der Waals surface area contributed by atoms with Gasteiger partial charge in [-0.1, -0.05) is 37.3 Å². The van der Waals surface area contributed by atoms with Crippen LogP contribution in [0, 0.1) is 0 Å². The Hall–Kier alpha value is -0.860. The van der Waals surface area contributed by atoms with Crippen LogP contribution in [0.4, 0.5) is 0 Å². The lowest BCUT2D eigenvalue weighted by Crippen LogP contribution is -2.39. The van der Waals surface area contributed by atoms with E-state index < -0.39 is 0 Å². The van der Waals surface area contributed by atoms with E-state index in [2.05, 4.69) is 48.7 Å². The van der Waals surface area contributed by atoms with Gasteiger partial charge in [-0.15, -0.1) is 0 Å². The molecule has 0 aliphatic rings. The molecule has 2 N–H and O–H groups in total. The van der Waals surface area contributed by atoms with Crippen molar-refractivity contribution in [3.8, 4) is 0 Å². The molecule has 1 aromatic carbocycles. The minimum absolute atomic E-state index is 0.384. The van der Waals surface area contributed by atoms with Gasteiger partial charge in [0, 0.05) is 6.54 Å². The Kier molecular flexibility index (Phi) is 5.27. The summed E-state index contributed by atoms with van der Waals surface area (Å²) in [7, 11) is 0. The maximum Gasteiger partial charge on any atom is 0.0545 e. The lowest BCUT2D eigenvalue weighted by atomic mass is 10.2. The highest BCUT2D eigenvalue weighted by atomic mass is 15.1. The molecule has 0 spiro atoms. The first-order chi connectivity index (χ1) is 6.83. The van der Waals surface area contributed by atoms with E-state index in [0.717, 1.165) is 13.1 Å². The maximum atomic E-state index is 3.42. The molecular formula is C12H20N2. The summed E-state index contributed by atoms with van der Waals surface area (Å²) in [6, 6.07) is 10.5. The Labute approximate surface area is 86.7 Å². The Balaban J connectivity index is 2.20. The van der Waals surface area contributed by atoms with E-state index in [1.807, 2.05) is 6.07 Å². The standard InChI is InChI=1S/C12H20N2/c1-3-9-13-11(2)14-10-12-7-5-4-6-8-12/h4-8,11,13-14H,3,9-10H2,1-2H3. The fourth-order valence-corrected chi connectivity index (χ4v) is 1.30. The van der Waals surface area contributed by atoms with E-state index in [0.29, 0.717) is 6.17 Å². The molecular weight excluding hydrogens is 172 g/mol. The predicted molar refractivity (Wildman–Crippen MR) is 61.0 cm³/mol. The van der Waals surface area contributed by atoms with Gasteiger partial charge in [-0.3, -0.25) is 5.32 Å². The molecule has 1 unspecified atom stereocenters. The van der Waals surface area contributed by atoms with Gasteiger partial charge in [0.2, 0.25) is 0 Å². The largest absolute Gasteiger partial charge is 0.302 e. The number of hydrogen-bond donors (Lipinski definition) is 2. The molecule has 0 aromatic heterocycles. The summed E-state index contributed by atoms with van der Waals surface area (Å²) in [6.07, 6.45) is 1.56. The smallest absolute Gasteiger partial charge is 0.0545 e. The minimum atomic E-state index is 0.384. The monoisotopic (exact) mass is 192 g/mol. The normalized spacial score (nSPS) is 12.7. The third kappa shape index (κ3) is 4.40. The number of rotatable bonds is 6. The quantitative estimate of drug-likeness (QED) is 0.675. The summed E-state index contributed by atoms with van der Waals surface area (Å²) in [5, 5.41) is 6.81. The molecule has 0 saturated carbocycles. The first-order valence-electron chi connectivity index (χ1n) is 5.33. The number of nitrogens with one attached hydrogen (secondary N) is 2. The maximum absolute atomic E-state index is 3.42. The van der Waals surface area contributed by atoms with E-state index >= 15 is 0 Å². The highest BCUT2D eigenvalue weighted by Gasteiger charge is 1.98. The van der Waals surface area contributed by atoms with Crippen molar-refractivity contribution in [2.75, 3.05) is 6.54 Å². The zero-order chi connectivity index (χ0) is 10.2. The molecule has 1 atom stereocenters. The van der Waals surface area contributed by atoms with Crippen LogP contribution in [-0.4, -0.2) is 12.7 Å². The highest BCUT2D eigenvalue weighted by molar-refractivity contribution is 5.14. The number of benzene rings is 1. The van der Waals surface area contributed by atoms with Gasteiger partial charge in [0.05, 0.1) is 6.17 Å². The van der Waals surface area contributed by atoms with Crippen molar-refractivity contribution in [2.24, 2.45) is 0 Å². The second kappa shape index (κ2) is 6.57. The Bertz CT molecular complexity index is 233. The molecule has 2 nitrogen and oxygen atoms in total. The van der Waals surface area contributed by atoms with E-state index in [1.165, 1.54) is 12.0 Å². The average molecular weight is 192 g/mol. The summed E-state index contributed by atoms with van der Waals surface area (Å²) in [5.41, 5.74) is 1.33. The van der Waals surface area contributed by atoms with Crippen LogP contribution in [0.25, 0.3) is 0 Å². The van der Waals surface area contributed by atoms with Gasteiger partial charge in [0.25, 0.3) is 0 Å². The van der Waals surface area contributed by atoms with Crippen LogP contribution in [0.3, 0.4) is 0 Å². The van der Waals surface area contributed by atoms with Gasteiger partial charge in [-0.25, -0.2) is 0 Å². The van der Waals surface area contributed by atoms with Crippen LogP contribution < -0.4 is 10.6 Å². The molecule has 0 fully saturated rings. The van der Waals surface area contributed by atoms with E-state index in [1.54, 1.807) is 0 Å². The predicted octanol–water partition coefficient (Wildman–Crippen LogP) is 2.12. The van der Waals surface area contributed by atoms with Crippen molar-refractivity contribution in [1.29, 1.82) is 0 Å². The highest BCUT2D eigenvalue weighted by Crippen LogP contribution is 1.97. The zero-order valence-corrected chi connectivity index (χ0v) is 9.09. The van der Waals surface area contributed by atoms with Crippen LogP contribution in [0.2, 0.25) is 0 Å². The zero-order valence-electron chi connectivity index (χ0n) is 9.09. The molecule has 0 saturated heterocycles. The average Bonchev–Trinajstić information content (AvgIpc) is 2.25. The molecule has 0 bridgehead atoms. The van der Waals surface area contributed by atoms with E-state index in [9.17, 15) is 0 Å². The van der Waals surface area contributed by atoms with E-state index in [4.69, 9.17) is 0 Å². The summed E-state index contributed by atoms with van der Waals surface area (Å²) in [6.45, 7) is 6.33. The first kappa shape index (κ1) is 11.2. The SMILES string of the molecule is CCCNC(C)NCc1ccccc1. The van der Waals surface area contributed by atoms with Crippen LogP contribution in [0.15, 0.2) is 30.3 Å². The van der Waals surface area contributed by atoms with Crippen molar-refractivity contribution in [3.05, 3.63) is 35.9 Å². The molecule has 1 aromatic rings. The lowest BCUT2D eigenvalue weighted by Gasteiger charge is -2.14. The molecule has 0 aliphatic heterocycles. The van der Waals surface area contributed by atoms with Gasteiger partial charge in [0.15, 0.2) is 0 Å². The van der Waals surface area contributed by atoms with Gasteiger partial charge in [-0.2, -0.15) is 0 Å². The Morgan fingerprint density at radius 3 is 2.50 bits per heavy atom. The molecule has 2 heteroatoms. The fourth-order valence-electron chi connectivity index (χ4n) is 1.30. The summed E-state index contributed by atoms with van der Waals surface area (Å²) in [5.74, 6) is 0. The van der Waals surface area contributed by atoms with Crippen LogP contribution in [-0.2, 0) is 6.54 Å². The summed E-state index contributed by atoms with van der Waals surface area (Å²) >= 11 is 0. The van der Waals surface area contributed by atoms with Crippen LogP contribution in [0.1, 0.15) is 25.8 Å². The van der Waals surface area contributed by atoms with Crippen molar-refractivity contribution in [1.82, 2.24) is 10.6 Å². The van der Waals surface area contributed by atoms with Crippen molar-refractivity contribution in [2.45, 2.75) is 33.0 Å². The Morgan fingerprint density at radius 1 is 1.14 bits per heavy atom. The summed E-state index contributed by atoms with van der Waals surface area (Å²) < 4.78 is 0. The van der Waals surface area contributed by atoms with Crippen molar-refractivity contribution >= 4 is 0 Å². The first-order valence-corrected chi connectivity index (χ1v) is 5.33. The van der Waals surface area contributed by atoms with E-state index in [-0.39, 0.29) is 0 Å². The third-order valence-corrected chi connectivity index (χ3v) is 2.16. The molecule has 0 amide bonds. The minimum Gasteiger partial charge on any atom is -0.302 e. The van der Waals surface area contributed by atoms with Gasteiger partial charge >= 0.3 is 0 Å². The molecule has 78 valence electrons.